The van der Waals surface area contributed by atoms with Gasteiger partial charge in [-0.3, -0.25) is 14.4 Å². The van der Waals surface area contributed by atoms with Gasteiger partial charge in [-0.15, -0.1) is 0 Å². The minimum atomic E-state index is -3.39. The number of nitrogens with zero attached hydrogens (tertiary/aromatic N) is 2. The lowest BCUT2D eigenvalue weighted by Crippen LogP contribution is -2.39. The first-order valence-corrected chi connectivity index (χ1v) is 10.7. The van der Waals surface area contributed by atoms with Crippen molar-refractivity contribution in [3.63, 3.8) is 0 Å². The second-order valence-corrected chi connectivity index (χ2v) is 8.64. The summed E-state index contributed by atoms with van der Waals surface area (Å²) in [6.45, 7) is 1.28. The summed E-state index contributed by atoms with van der Waals surface area (Å²) in [5.74, 6) is -3.38. The molecule has 0 saturated carbocycles. The molecule has 10 nitrogen and oxygen atoms in total. The maximum atomic E-state index is 12.3. The molecule has 154 valence electrons. The quantitative estimate of drug-likeness (QED) is 0.512. The van der Waals surface area contributed by atoms with Crippen LogP contribution >= 0.6 is 11.6 Å². The molecule has 0 atom stereocenters. The Morgan fingerprint density at radius 3 is 2.69 bits per heavy atom. The van der Waals surface area contributed by atoms with Crippen molar-refractivity contribution >= 4 is 45.0 Å². The molecule has 0 radical (unpaired) electrons. The Morgan fingerprint density at radius 2 is 2.00 bits per heavy atom. The number of hydrogen-bond acceptors (Lipinski definition) is 7. The highest BCUT2D eigenvalue weighted by atomic mass is 35.5. The second kappa shape index (κ2) is 8.21. The topological polar surface area (TPSA) is 136 Å². The van der Waals surface area contributed by atoms with Gasteiger partial charge in [-0.05, 0) is 25.1 Å². The standard InChI is InChI=1S/C17H17ClN4O6S/c1-2-28-14(23)7-19-16(24)17(25)20-15-12-8-29(26,27)9-13(12)21-22(15)11-5-3-4-10(18)6-11/h3-6H,2,7-9H2,1H3,(H,19,24)(H,20,25). The first kappa shape index (κ1) is 20.8. The minimum absolute atomic E-state index is 0.0552. The number of esters is 1. The van der Waals surface area contributed by atoms with E-state index in [-0.39, 0.29) is 29.6 Å². The van der Waals surface area contributed by atoms with Crippen LogP contribution in [-0.2, 0) is 40.5 Å². The fourth-order valence-electron chi connectivity index (χ4n) is 2.77. The SMILES string of the molecule is CCOC(=O)CNC(=O)C(=O)Nc1c2c(nn1-c1cccc(Cl)c1)CS(=O)(=O)C2. The fourth-order valence-corrected chi connectivity index (χ4v) is 4.45. The van der Waals surface area contributed by atoms with E-state index >= 15 is 0 Å². The molecular formula is C17H17ClN4O6S. The maximum absolute atomic E-state index is 12.3. The number of ether oxygens (including phenoxy) is 1. The van der Waals surface area contributed by atoms with Crippen molar-refractivity contribution in [2.24, 2.45) is 0 Å². The summed E-state index contributed by atoms with van der Waals surface area (Å²) in [6.07, 6.45) is 0. The van der Waals surface area contributed by atoms with E-state index in [1.54, 1.807) is 31.2 Å². The Morgan fingerprint density at radius 1 is 1.24 bits per heavy atom. The van der Waals surface area contributed by atoms with Gasteiger partial charge in [0.05, 0.1) is 29.5 Å². The molecule has 1 aliphatic heterocycles. The van der Waals surface area contributed by atoms with Crippen molar-refractivity contribution in [2.45, 2.75) is 18.4 Å². The van der Waals surface area contributed by atoms with Gasteiger partial charge in [-0.1, -0.05) is 17.7 Å². The molecule has 2 heterocycles. The lowest BCUT2D eigenvalue weighted by Gasteiger charge is -2.11. The third-order valence-corrected chi connectivity index (χ3v) is 5.65. The zero-order valence-corrected chi connectivity index (χ0v) is 16.8. The van der Waals surface area contributed by atoms with E-state index < -0.39 is 34.2 Å². The van der Waals surface area contributed by atoms with Crippen LogP contribution in [0.3, 0.4) is 0 Å². The van der Waals surface area contributed by atoms with Crippen LogP contribution in [0.15, 0.2) is 24.3 Å². The second-order valence-electron chi connectivity index (χ2n) is 6.14. The van der Waals surface area contributed by atoms with E-state index in [1.165, 1.54) is 4.68 Å². The average molecular weight is 441 g/mol. The highest BCUT2D eigenvalue weighted by Gasteiger charge is 2.34. The van der Waals surface area contributed by atoms with Crippen LogP contribution in [0.25, 0.3) is 5.69 Å². The van der Waals surface area contributed by atoms with Crippen molar-refractivity contribution in [2.75, 3.05) is 18.5 Å². The monoisotopic (exact) mass is 440 g/mol. The molecule has 0 aliphatic carbocycles. The maximum Gasteiger partial charge on any atom is 0.325 e. The van der Waals surface area contributed by atoms with Gasteiger partial charge in [0.1, 0.15) is 12.4 Å². The van der Waals surface area contributed by atoms with E-state index in [2.05, 4.69) is 20.5 Å². The van der Waals surface area contributed by atoms with E-state index in [0.717, 1.165) is 0 Å². The van der Waals surface area contributed by atoms with Gasteiger partial charge in [0.25, 0.3) is 0 Å². The van der Waals surface area contributed by atoms with Crippen LogP contribution in [0.4, 0.5) is 5.82 Å². The van der Waals surface area contributed by atoms with Crippen LogP contribution in [0.5, 0.6) is 0 Å². The number of benzene rings is 1. The summed E-state index contributed by atoms with van der Waals surface area (Å²) in [5.41, 5.74) is 1.07. The molecule has 0 unspecified atom stereocenters. The van der Waals surface area contributed by atoms with Crippen molar-refractivity contribution in [3.05, 3.63) is 40.5 Å². The highest BCUT2D eigenvalue weighted by Crippen LogP contribution is 2.33. The Kier molecular flexibility index (Phi) is 5.89. The summed E-state index contributed by atoms with van der Waals surface area (Å²) in [4.78, 5) is 35.6. The summed E-state index contributed by atoms with van der Waals surface area (Å²) < 4.78 is 29.9. The number of hydrogen-bond donors (Lipinski definition) is 2. The van der Waals surface area contributed by atoms with Crippen LogP contribution < -0.4 is 10.6 Å². The van der Waals surface area contributed by atoms with Crippen molar-refractivity contribution < 1.29 is 27.5 Å². The lowest BCUT2D eigenvalue weighted by atomic mass is 10.2. The molecule has 12 heteroatoms. The van der Waals surface area contributed by atoms with Crippen LogP contribution in [-0.4, -0.2) is 49.1 Å². The number of rotatable bonds is 5. The molecule has 29 heavy (non-hydrogen) atoms. The summed E-state index contributed by atoms with van der Waals surface area (Å²) in [5, 5.41) is 9.21. The molecule has 0 fully saturated rings. The first-order valence-electron chi connectivity index (χ1n) is 8.52. The van der Waals surface area contributed by atoms with Gasteiger partial charge < -0.3 is 15.4 Å². The molecule has 2 amide bonds. The van der Waals surface area contributed by atoms with E-state index in [4.69, 9.17) is 11.6 Å². The number of nitrogens with one attached hydrogen (secondary N) is 2. The molecule has 1 aromatic heterocycles. The number of sulfone groups is 1. The van der Waals surface area contributed by atoms with Gasteiger partial charge in [0, 0.05) is 10.6 Å². The zero-order chi connectivity index (χ0) is 21.2. The predicted molar refractivity (Wildman–Crippen MR) is 103 cm³/mol. The van der Waals surface area contributed by atoms with Gasteiger partial charge in [-0.25, -0.2) is 13.1 Å². The molecule has 0 saturated heterocycles. The van der Waals surface area contributed by atoms with Crippen molar-refractivity contribution in [3.8, 4) is 5.69 Å². The van der Waals surface area contributed by atoms with E-state index in [1.807, 2.05) is 0 Å². The van der Waals surface area contributed by atoms with Gasteiger partial charge in [-0.2, -0.15) is 5.10 Å². The van der Waals surface area contributed by atoms with Gasteiger partial charge in [0.15, 0.2) is 9.84 Å². The van der Waals surface area contributed by atoms with Crippen molar-refractivity contribution in [1.82, 2.24) is 15.1 Å². The van der Waals surface area contributed by atoms with Gasteiger partial charge >= 0.3 is 17.8 Å². The third-order valence-electron chi connectivity index (χ3n) is 3.98. The summed E-state index contributed by atoms with van der Waals surface area (Å²) in [7, 11) is -3.39. The van der Waals surface area contributed by atoms with Crippen molar-refractivity contribution in [1.29, 1.82) is 0 Å². The fraction of sp³-hybridized carbons (Fsp3) is 0.294. The lowest BCUT2D eigenvalue weighted by molar-refractivity contribution is -0.144. The summed E-state index contributed by atoms with van der Waals surface area (Å²) in [6, 6.07) is 6.56. The Bertz CT molecular complexity index is 1100. The number of aromatic nitrogens is 2. The number of anilines is 1. The molecule has 1 aliphatic rings. The Hall–Kier alpha value is -2.92. The number of halogens is 1. The smallest absolute Gasteiger partial charge is 0.325 e. The molecule has 1 aromatic carbocycles. The van der Waals surface area contributed by atoms with Crippen LogP contribution in [0.1, 0.15) is 18.2 Å². The van der Waals surface area contributed by atoms with Crippen LogP contribution in [0, 0.1) is 0 Å². The molecule has 3 rings (SSSR count). The number of carbonyl (C=O) groups is 3. The molecule has 0 bridgehead atoms. The molecule has 2 aromatic rings. The third kappa shape index (κ3) is 4.74. The Balaban J connectivity index is 1.87. The molecule has 0 spiro atoms. The minimum Gasteiger partial charge on any atom is -0.465 e. The summed E-state index contributed by atoms with van der Waals surface area (Å²) >= 11 is 6.01. The predicted octanol–water partition coefficient (Wildman–Crippen LogP) is 0.572. The molecular weight excluding hydrogens is 424 g/mol. The number of carbonyl (C=O) groups excluding carboxylic acids is 3. The largest absolute Gasteiger partial charge is 0.465 e. The Labute approximate surface area is 171 Å². The zero-order valence-electron chi connectivity index (χ0n) is 15.3. The average Bonchev–Trinajstić information content (AvgIpc) is 3.12. The normalized spacial score (nSPS) is 14.1. The number of fused-ring (bicyclic) bond motifs is 1. The van der Waals surface area contributed by atoms with E-state index in [9.17, 15) is 22.8 Å². The first-order chi connectivity index (χ1) is 13.7. The highest BCUT2D eigenvalue weighted by molar-refractivity contribution is 7.90. The van der Waals surface area contributed by atoms with Crippen LogP contribution in [0.2, 0.25) is 5.02 Å². The number of amides is 2. The molecule has 2 N–H and O–H groups in total. The van der Waals surface area contributed by atoms with Gasteiger partial charge in [0.2, 0.25) is 0 Å². The van der Waals surface area contributed by atoms with E-state index in [0.29, 0.717) is 16.3 Å².